The minimum atomic E-state index is -0.652. The van der Waals surface area contributed by atoms with Crippen molar-refractivity contribution in [3.8, 4) is 11.5 Å². The number of fused-ring (bicyclic) bond motifs is 1. The number of nitrogens with one attached hydrogen (secondary N) is 1. The normalized spacial score (nSPS) is 13.3. The number of hydrogen-bond donors (Lipinski definition) is 1. The zero-order chi connectivity index (χ0) is 20.8. The summed E-state index contributed by atoms with van der Waals surface area (Å²) in [5.74, 6) is 0.926. The molecule has 0 aromatic heterocycles. The van der Waals surface area contributed by atoms with E-state index in [-0.39, 0.29) is 18.1 Å². The Kier molecular flexibility index (Phi) is 6.09. The van der Waals surface area contributed by atoms with Gasteiger partial charge in [0, 0.05) is 17.5 Å². The summed E-state index contributed by atoms with van der Waals surface area (Å²) in [7, 11) is 0. The van der Waals surface area contributed by atoms with E-state index < -0.39 is 6.04 Å². The number of carbonyl (C=O) groups excluding carboxylic acids is 2. The van der Waals surface area contributed by atoms with Crippen molar-refractivity contribution in [1.82, 2.24) is 5.32 Å². The molecule has 152 valence electrons. The van der Waals surface area contributed by atoms with Gasteiger partial charge in [-0.25, -0.2) is 0 Å². The van der Waals surface area contributed by atoms with Crippen LogP contribution in [0.2, 0.25) is 0 Å². The third-order valence-corrected chi connectivity index (χ3v) is 5.03. The standard InChI is InChI=1S/C25H23NO4/c27-22(17-20-12-7-13-23-24(20)30-15-14-29-23)21(16-18-8-3-1-4-9-18)26-25(28)19-10-5-2-6-11-19/h1-13,21H,14-17H2,(H,26,28). The molecule has 0 spiro atoms. The number of ketones is 1. The quantitative estimate of drug-likeness (QED) is 0.657. The molecule has 30 heavy (non-hydrogen) atoms. The third kappa shape index (κ3) is 4.69. The van der Waals surface area contributed by atoms with Crippen LogP contribution in [0, 0.1) is 0 Å². The van der Waals surface area contributed by atoms with E-state index >= 15 is 0 Å². The van der Waals surface area contributed by atoms with E-state index in [0.29, 0.717) is 36.7 Å². The summed E-state index contributed by atoms with van der Waals surface area (Å²) in [5.41, 5.74) is 2.28. The Balaban J connectivity index is 1.55. The second-order valence-electron chi connectivity index (χ2n) is 7.17. The maximum atomic E-state index is 13.3. The first-order valence-electron chi connectivity index (χ1n) is 10.0. The van der Waals surface area contributed by atoms with Gasteiger partial charge in [-0.1, -0.05) is 60.7 Å². The zero-order valence-corrected chi connectivity index (χ0v) is 16.5. The fourth-order valence-corrected chi connectivity index (χ4v) is 3.51. The number of Topliss-reactive ketones (excluding diaryl/α,β-unsaturated/α-hetero) is 1. The summed E-state index contributed by atoms with van der Waals surface area (Å²) in [6.45, 7) is 0.949. The topological polar surface area (TPSA) is 64.6 Å². The molecule has 1 heterocycles. The van der Waals surface area contributed by atoms with Crippen molar-refractivity contribution in [2.24, 2.45) is 0 Å². The first kappa shape index (κ1) is 19.7. The average molecular weight is 401 g/mol. The van der Waals surface area contributed by atoms with Gasteiger partial charge in [0.2, 0.25) is 0 Å². The predicted molar refractivity (Wildman–Crippen MR) is 114 cm³/mol. The fourth-order valence-electron chi connectivity index (χ4n) is 3.51. The molecule has 1 amide bonds. The molecule has 3 aromatic rings. The molecule has 4 rings (SSSR count). The van der Waals surface area contributed by atoms with Crippen molar-refractivity contribution >= 4 is 11.7 Å². The van der Waals surface area contributed by atoms with E-state index in [1.165, 1.54) is 0 Å². The first-order valence-corrected chi connectivity index (χ1v) is 10.0. The van der Waals surface area contributed by atoms with E-state index in [4.69, 9.17) is 9.47 Å². The van der Waals surface area contributed by atoms with Crippen molar-refractivity contribution in [2.45, 2.75) is 18.9 Å². The van der Waals surface area contributed by atoms with Gasteiger partial charge in [-0.15, -0.1) is 0 Å². The monoisotopic (exact) mass is 401 g/mol. The van der Waals surface area contributed by atoms with E-state index in [9.17, 15) is 9.59 Å². The van der Waals surface area contributed by atoms with Gasteiger partial charge < -0.3 is 14.8 Å². The Labute approximate surface area is 175 Å². The predicted octanol–water partition coefficient (Wildman–Crippen LogP) is 3.61. The highest BCUT2D eigenvalue weighted by molar-refractivity contribution is 5.98. The zero-order valence-electron chi connectivity index (χ0n) is 16.5. The minimum Gasteiger partial charge on any atom is -0.486 e. The maximum absolute atomic E-state index is 13.3. The maximum Gasteiger partial charge on any atom is 0.251 e. The number of benzene rings is 3. The van der Waals surface area contributed by atoms with Gasteiger partial charge in [-0.3, -0.25) is 9.59 Å². The van der Waals surface area contributed by atoms with Crippen LogP contribution >= 0.6 is 0 Å². The lowest BCUT2D eigenvalue weighted by atomic mass is 9.96. The number of amides is 1. The largest absolute Gasteiger partial charge is 0.486 e. The SMILES string of the molecule is O=C(NC(Cc1ccccc1)C(=O)Cc1cccc2c1OCCO2)c1ccccc1. The van der Waals surface area contributed by atoms with Crippen molar-refractivity contribution in [3.05, 3.63) is 95.6 Å². The summed E-state index contributed by atoms with van der Waals surface area (Å²) in [5, 5.41) is 2.92. The number of para-hydroxylation sites is 1. The van der Waals surface area contributed by atoms with Gasteiger partial charge in [-0.05, 0) is 30.2 Å². The smallest absolute Gasteiger partial charge is 0.251 e. The number of hydrogen-bond acceptors (Lipinski definition) is 4. The number of rotatable bonds is 7. The van der Waals surface area contributed by atoms with Gasteiger partial charge in [0.25, 0.3) is 5.91 Å². The van der Waals surface area contributed by atoms with E-state index in [1.54, 1.807) is 24.3 Å². The van der Waals surface area contributed by atoms with E-state index in [1.807, 2.05) is 54.6 Å². The molecule has 0 bridgehead atoms. The first-order chi connectivity index (χ1) is 14.7. The molecule has 5 heteroatoms. The molecule has 1 aliphatic rings. The molecule has 0 saturated heterocycles. The summed E-state index contributed by atoms with van der Waals surface area (Å²) >= 11 is 0. The van der Waals surface area contributed by atoms with Crippen LogP contribution in [0.15, 0.2) is 78.9 Å². The van der Waals surface area contributed by atoms with Gasteiger partial charge in [0.15, 0.2) is 17.3 Å². The second kappa shape index (κ2) is 9.27. The number of ether oxygens (including phenoxy) is 2. The van der Waals surface area contributed by atoms with Gasteiger partial charge in [-0.2, -0.15) is 0 Å². The Morgan fingerprint density at radius 2 is 1.53 bits per heavy atom. The lowest BCUT2D eigenvalue weighted by molar-refractivity contribution is -0.120. The second-order valence-corrected chi connectivity index (χ2v) is 7.17. The molecule has 3 aromatic carbocycles. The number of carbonyl (C=O) groups is 2. The summed E-state index contributed by atoms with van der Waals surface area (Å²) in [6, 6.07) is 23.5. The van der Waals surface area contributed by atoms with E-state index in [2.05, 4.69) is 5.32 Å². The molecular weight excluding hydrogens is 378 g/mol. The average Bonchev–Trinajstić information content (AvgIpc) is 2.80. The Bertz CT molecular complexity index is 1020. The van der Waals surface area contributed by atoms with Crippen LogP contribution in [0.5, 0.6) is 11.5 Å². The third-order valence-electron chi connectivity index (χ3n) is 5.03. The van der Waals surface area contributed by atoms with Crippen LogP contribution in [0.25, 0.3) is 0 Å². The molecule has 0 fully saturated rings. The minimum absolute atomic E-state index is 0.0780. The van der Waals surface area contributed by atoms with Crippen molar-refractivity contribution in [2.75, 3.05) is 13.2 Å². The molecule has 1 unspecified atom stereocenters. The highest BCUT2D eigenvalue weighted by atomic mass is 16.6. The van der Waals surface area contributed by atoms with Crippen LogP contribution in [0.3, 0.4) is 0 Å². The molecule has 1 aliphatic heterocycles. The highest BCUT2D eigenvalue weighted by Gasteiger charge is 2.25. The van der Waals surface area contributed by atoms with Crippen LogP contribution in [-0.4, -0.2) is 30.9 Å². The van der Waals surface area contributed by atoms with Crippen molar-refractivity contribution in [3.63, 3.8) is 0 Å². The molecule has 5 nitrogen and oxygen atoms in total. The molecule has 0 aliphatic carbocycles. The molecule has 1 atom stereocenters. The molecule has 1 N–H and O–H groups in total. The van der Waals surface area contributed by atoms with Crippen molar-refractivity contribution in [1.29, 1.82) is 0 Å². The summed E-state index contributed by atoms with van der Waals surface area (Å²) in [4.78, 5) is 26.0. The van der Waals surface area contributed by atoms with Crippen LogP contribution < -0.4 is 14.8 Å². The van der Waals surface area contributed by atoms with Crippen LogP contribution in [0.4, 0.5) is 0 Å². The summed E-state index contributed by atoms with van der Waals surface area (Å²) < 4.78 is 11.4. The van der Waals surface area contributed by atoms with Crippen LogP contribution in [0.1, 0.15) is 21.5 Å². The Hall–Kier alpha value is -3.60. The highest BCUT2D eigenvalue weighted by Crippen LogP contribution is 2.34. The lowest BCUT2D eigenvalue weighted by Crippen LogP contribution is -2.43. The molecule has 0 saturated carbocycles. The fraction of sp³-hybridized carbons (Fsp3) is 0.200. The molecule has 0 radical (unpaired) electrons. The van der Waals surface area contributed by atoms with Gasteiger partial charge >= 0.3 is 0 Å². The Morgan fingerprint density at radius 3 is 2.30 bits per heavy atom. The van der Waals surface area contributed by atoms with Crippen molar-refractivity contribution < 1.29 is 19.1 Å². The Morgan fingerprint density at radius 1 is 0.833 bits per heavy atom. The molecular formula is C25H23NO4. The van der Waals surface area contributed by atoms with E-state index in [0.717, 1.165) is 11.1 Å². The van der Waals surface area contributed by atoms with Crippen LogP contribution in [-0.2, 0) is 17.6 Å². The summed E-state index contributed by atoms with van der Waals surface area (Å²) in [6.07, 6.45) is 0.573. The van der Waals surface area contributed by atoms with Gasteiger partial charge in [0.1, 0.15) is 13.2 Å². The lowest BCUT2D eigenvalue weighted by Gasteiger charge is -2.22. The van der Waals surface area contributed by atoms with Gasteiger partial charge in [0.05, 0.1) is 6.04 Å².